The van der Waals surface area contributed by atoms with Crippen LogP contribution in [-0.2, 0) is 0 Å². The minimum absolute atomic E-state index is 0.770. The average Bonchev–Trinajstić information content (AvgIpc) is 2.07. The van der Waals surface area contributed by atoms with E-state index in [0.29, 0.717) is 0 Å². The van der Waals surface area contributed by atoms with Gasteiger partial charge < -0.3 is 5.32 Å². The van der Waals surface area contributed by atoms with Gasteiger partial charge in [0.15, 0.2) is 0 Å². The average molecular weight is 167 g/mol. The number of nitrogens with one attached hydrogen (secondary N) is 1. The molecule has 2 fully saturated rings. The van der Waals surface area contributed by atoms with Gasteiger partial charge in [-0.3, -0.25) is 0 Å². The Bertz CT molecular complexity index is 155. The molecular weight excluding hydrogens is 146 g/mol. The summed E-state index contributed by atoms with van der Waals surface area (Å²) in [6, 6.07) is 1.62. The van der Waals surface area contributed by atoms with Crippen LogP contribution in [0.2, 0.25) is 0 Å². The van der Waals surface area contributed by atoms with Crippen molar-refractivity contribution < 1.29 is 0 Å². The van der Waals surface area contributed by atoms with E-state index in [-0.39, 0.29) is 0 Å². The molecule has 0 unspecified atom stereocenters. The Balaban J connectivity index is 2.00. The van der Waals surface area contributed by atoms with Gasteiger partial charge in [-0.1, -0.05) is 13.3 Å². The fourth-order valence-corrected chi connectivity index (χ4v) is 3.03. The van der Waals surface area contributed by atoms with E-state index >= 15 is 0 Å². The van der Waals surface area contributed by atoms with Gasteiger partial charge in [-0.2, -0.15) is 0 Å². The van der Waals surface area contributed by atoms with Gasteiger partial charge in [0, 0.05) is 12.1 Å². The molecule has 1 aliphatic heterocycles. The lowest BCUT2D eigenvalue weighted by atomic mass is 9.73. The first kappa shape index (κ1) is 8.55. The third-order valence-corrected chi connectivity index (χ3v) is 3.80. The van der Waals surface area contributed by atoms with Crippen LogP contribution in [0.25, 0.3) is 0 Å². The van der Waals surface area contributed by atoms with Gasteiger partial charge in [-0.25, -0.2) is 0 Å². The Labute approximate surface area is 75.9 Å². The molecule has 12 heavy (non-hydrogen) atoms. The molecule has 1 saturated heterocycles. The van der Waals surface area contributed by atoms with Crippen LogP contribution in [0, 0.1) is 11.8 Å². The third-order valence-electron chi connectivity index (χ3n) is 3.80. The molecule has 0 radical (unpaired) electrons. The molecule has 2 aliphatic rings. The summed E-state index contributed by atoms with van der Waals surface area (Å²) in [5.41, 5.74) is 0. The van der Waals surface area contributed by atoms with Crippen LogP contribution >= 0.6 is 0 Å². The van der Waals surface area contributed by atoms with Gasteiger partial charge in [-0.15, -0.1) is 0 Å². The zero-order valence-electron chi connectivity index (χ0n) is 8.34. The predicted octanol–water partition coefficient (Wildman–Crippen LogP) is 2.56. The summed E-state index contributed by atoms with van der Waals surface area (Å²) in [7, 11) is 0. The van der Waals surface area contributed by atoms with E-state index in [1.54, 1.807) is 0 Å². The SMILES string of the molecule is C[C@H]1CC[C@@H]2CCC[C@H](C)[C@H]2N1. The smallest absolute Gasteiger partial charge is 0.0123 e. The zero-order chi connectivity index (χ0) is 8.55. The van der Waals surface area contributed by atoms with Crippen molar-refractivity contribution in [2.24, 2.45) is 11.8 Å². The third kappa shape index (κ3) is 1.52. The van der Waals surface area contributed by atoms with Gasteiger partial charge in [0.2, 0.25) is 0 Å². The fraction of sp³-hybridized carbons (Fsp3) is 1.00. The summed E-state index contributed by atoms with van der Waals surface area (Å²) >= 11 is 0. The van der Waals surface area contributed by atoms with E-state index in [2.05, 4.69) is 19.2 Å². The number of hydrogen-bond donors (Lipinski definition) is 1. The van der Waals surface area contributed by atoms with Crippen molar-refractivity contribution >= 4 is 0 Å². The molecular formula is C11H21N. The van der Waals surface area contributed by atoms with Crippen molar-refractivity contribution in [3.63, 3.8) is 0 Å². The van der Waals surface area contributed by atoms with Gasteiger partial charge in [-0.05, 0) is 44.4 Å². The molecule has 2 rings (SSSR count). The van der Waals surface area contributed by atoms with Crippen molar-refractivity contribution in [1.29, 1.82) is 0 Å². The lowest BCUT2D eigenvalue weighted by Gasteiger charge is -2.43. The molecule has 70 valence electrons. The number of piperidine rings is 1. The topological polar surface area (TPSA) is 12.0 Å². The largest absolute Gasteiger partial charge is 0.311 e. The maximum Gasteiger partial charge on any atom is 0.0123 e. The van der Waals surface area contributed by atoms with E-state index in [1.165, 1.54) is 32.1 Å². The van der Waals surface area contributed by atoms with Crippen LogP contribution in [-0.4, -0.2) is 12.1 Å². The van der Waals surface area contributed by atoms with Crippen LogP contribution in [0.15, 0.2) is 0 Å². The molecule has 0 spiro atoms. The first-order valence-corrected chi connectivity index (χ1v) is 5.53. The molecule has 0 bridgehead atoms. The number of rotatable bonds is 0. The van der Waals surface area contributed by atoms with Gasteiger partial charge >= 0.3 is 0 Å². The second-order valence-corrected chi connectivity index (χ2v) is 4.84. The molecule has 1 aliphatic carbocycles. The summed E-state index contributed by atoms with van der Waals surface area (Å²) in [5, 5.41) is 3.77. The van der Waals surface area contributed by atoms with Crippen LogP contribution in [0.3, 0.4) is 0 Å². The Morgan fingerprint density at radius 3 is 2.67 bits per heavy atom. The minimum Gasteiger partial charge on any atom is -0.311 e. The molecule has 1 N–H and O–H groups in total. The number of hydrogen-bond acceptors (Lipinski definition) is 1. The van der Waals surface area contributed by atoms with E-state index in [4.69, 9.17) is 0 Å². The highest BCUT2D eigenvalue weighted by molar-refractivity contribution is 4.90. The summed E-state index contributed by atoms with van der Waals surface area (Å²) in [6.45, 7) is 4.75. The maximum atomic E-state index is 3.77. The fourth-order valence-electron chi connectivity index (χ4n) is 3.03. The predicted molar refractivity (Wildman–Crippen MR) is 52.1 cm³/mol. The Hall–Kier alpha value is -0.0400. The van der Waals surface area contributed by atoms with Crippen molar-refractivity contribution in [1.82, 2.24) is 5.32 Å². The van der Waals surface area contributed by atoms with Gasteiger partial charge in [0.25, 0.3) is 0 Å². The van der Waals surface area contributed by atoms with Gasteiger partial charge in [0.05, 0.1) is 0 Å². The Kier molecular flexibility index (Phi) is 2.40. The first-order valence-electron chi connectivity index (χ1n) is 5.53. The zero-order valence-corrected chi connectivity index (χ0v) is 8.34. The van der Waals surface area contributed by atoms with Crippen LogP contribution < -0.4 is 5.32 Å². The van der Waals surface area contributed by atoms with Crippen molar-refractivity contribution in [3.8, 4) is 0 Å². The second kappa shape index (κ2) is 3.37. The lowest BCUT2D eigenvalue weighted by Crippen LogP contribution is -2.51. The molecule has 0 amide bonds. The monoisotopic (exact) mass is 167 g/mol. The maximum absolute atomic E-state index is 3.77. The molecule has 1 nitrogen and oxygen atoms in total. The molecule has 1 saturated carbocycles. The first-order chi connectivity index (χ1) is 5.77. The standard InChI is InChI=1S/C11H21N/c1-8-4-3-5-10-7-6-9(2)12-11(8)10/h8-12H,3-7H2,1-2H3/t8-,9-,10-,11+/m0/s1. The second-order valence-electron chi connectivity index (χ2n) is 4.84. The Morgan fingerprint density at radius 2 is 1.83 bits per heavy atom. The van der Waals surface area contributed by atoms with Crippen LogP contribution in [0.5, 0.6) is 0 Å². The summed E-state index contributed by atoms with van der Waals surface area (Å²) in [5.74, 6) is 1.93. The summed E-state index contributed by atoms with van der Waals surface area (Å²) in [4.78, 5) is 0. The molecule has 0 aromatic rings. The van der Waals surface area contributed by atoms with Crippen molar-refractivity contribution in [2.75, 3.05) is 0 Å². The highest BCUT2D eigenvalue weighted by Crippen LogP contribution is 2.35. The lowest BCUT2D eigenvalue weighted by molar-refractivity contribution is 0.134. The van der Waals surface area contributed by atoms with E-state index in [1.807, 2.05) is 0 Å². The van der Waals surface area contributed by atoms with E-state index in [9.17, 15) is 0 Å². The molecule has 4 atom stereocenters. The van der Waals surface area contributed by atoms with Gasteiger partial charge in [0.1, 0.15) is 0 Å². The normalized spacial score (nSPS) is 48.5. The highest BCUT2D eigenvalue weighted by atomic mass is 15.0. The molecule has 1 heteroatoms. The van der Waals surface area contributed by atoms with E-state index < -0.39 is 0 Å². The summed E-state index contributed by atoms with van der Waals surface area (Å²) < 4.78 is 0. The van der Waals surface area contributed by atoms with Crippen molar-refractivity contribution in [3.05, 3.63) is 0 Å². The number of fused-ring (bicyclic) bond motifs is 1. The van der Waals surface area contributed by atoms with E-state index in [0.717, 1.165) is 23.9 Å². The van der Waals surface area contributed by atoms with Crippen LogP contribution in [0.1, 0.15) is 46.0 Å². The van der Waals surface area contributed by atoms with Crippen molar-refractivity contribution in [2.45, 2.75) is 58.0 Å². The molecule has 0 aromatic carbocycles. The molecule has 0 aromatic heterocycles. The molecule has 1 heterocycles. The van der Waals surface area contributed by atoms with Crippen LogP contribution in [0.4, 0.5) is 0 Å². The Morgan fingerprint density at radius 1 is 1.00 bits per heavy atom. The quantitative estimate of drug-likeness (QED) is 0.584. The highest BCUT2D eigenvalue weighted by Gasteiger charge is 2.34. The minimum atomic E-state index is 0.770. The summed E-state index contributed by atoms with van der Waals surface area (Å²) in [6.07, 6.45) is 7.27.